The van der Waals surface area contributed by atoms with Gasteiger partial charge in [0.2, 0.25) is 0 Å². The van der Waals surface area contributed by atoms with Gasteiger partial charge in [-0.15, -0.1) is 0 Å². The lowest BCUT2D eigenvalue weighted by Crippen LogP contribution is -2.31. The van der Waals surface area contributed by atoms with Crippen molar-refractivity contribution in [2.75, 3.05) is 19.8 Å². The van der Waals surface area contributed by atoms with E-state index in [-0.39, 0.29) is 11.9 Å². The second kappa shape index (κ2) is 6.75. The molecule has 5 heteroatoms. The smallest absolute Gasteiger partial charge is 0.272 e. The third-order valence-corrected chi connectivity index (χ3v) is 4.78. The Hall–Kier alpha value is -2.56. The molecular formula is C20H22N2O3. The highest BCUT2D eigenvalue weighted by molar-refractivity contribution is 5.92. The topological polar surface area (TPSA) is 51.7 Å². The van der Waals surface area contributed by atoms with Crippen LogP contribution in [-0.4, -0.2) is 35.5 Å². The Balaban J connectivity index is 1.61. The van der Waals surface area contributed by atoms with Crippen molar-refractivity contribution in [1.29, 1.82) is 0 Å². The van der Waals surface area contributed by atoms with Crippen molar-refractivity contribution in [2.24, 2.45) is 0 Å². The minimum absolute atomic E-state index is 0.00156. The largest absolute Gasteiger partial charge is 0.490 e. The molecule has 1 saturated heterocycles. The SMILES string of the molecule is Cc1cccc(C(=O)N2CCCC2c2ccc3c(c2)OCCCO3)n1. The highest BCUT2D eigenvalue weighted by Crippen LogP contribution is 2.38. The molecule has 0 aliphatic carbocycles. The fraction of sp³-hybridized carbons (Fsp3) is 0.400. The molecule has 1 aromatic carbocycles. The molecule has 130 valence electrons. The second-order valence-electron chi connectivity index (χ2n) is 6.58. The van der Waals surface area contributed by atoms with E-state index in [0.29, 0.717) is 18.9 Å². The Bertz CT molecular complexity index is 790. The molecule has 4 rings (SSSR count). The molecule has 0 bridgehead atoms. The maximum atomic E-state index is 12.9. The summed E-state index contributed by atoms with van der Waals surface area (Å²) in [6.07, 6.45) is 2.84. The highest BCUT2D eigenvalue weighted by Gasteiger charge is 2.32. The van der Waals surface area contributed by atoms with Crippen LogP contribution in [0.1, 0.15) is 47.1 Å². The van der Waals surface area contributed by atoms with E-state index < -0.39 is 0 Å². The van der Waals surface area contributed by atoms with Crippen molar-refractivity contribution < 1.29 is 14.3 Å². The van der Waals surface area contributed by atoms with E-state index in [1.54, 1.807) is 6.07 Å². The van der Waals surface area contributed by atoms with Gasteiger partial charge in [0.05, 0.1) is 19.3 Å². The minimum atomic E-state index is -0.00156. The second-order valence-corrected chi connectivity index (χ2v) is 6.58. The van der Waals surface area contributed by atoms with Crippen molar-refractivity contribution in [3.63, 3.8) is 0 Å². The van der Waals surface area contributed by atoms with Gasteiger partial charge in [0.1, 0.15) is 5.69 Å². The molecule has 1 fully saturated rings. The maximum absolute atomic E-state index is 12.9. The third-order valence-electron chi connectivity index (χ3n) is 4.78. The van der Waals surface area contributed by atoms with Crippen molar-refractivity contribution in [1.82, 2.24) is 9.88 Å². The Morgan fingerprint density at radius 3 is 2.80 bits per heavy atom. The molecule has 25 heavy (non-hydrogen) atoms. The maximum Gasteiger partial charge on any atom is 0.272 e. The van der Waals surface area contributed by atoms with Gasteiger partial charge in [-0.25, -0.2) is 4.98 Å². The van der Waals surface area contributed by atoms with Gasteiger partial charge >= 0.3 is 0 Å². The van der Waals surface area contributed by atoms with Crippen molar-refractivity contribution in [2.45, 2.75) is 32.2 Å². The number of nitrogens with zero attached hydrogens (tertiary/aromatic N) is 2. The number of amides is 1. The summed E-state index contributed by atoms with van der Waals surface area (Å²) in [5.74, 6) is 1.57. The van der Waals surface area contributed by atoms with Crippen LogP contribution in [0.5, 0.6) is 11.5 Å². The van der Waals surface area contributed by atoms with E-state index in [0.717, 1.165) is 48.6 Å². The summed E-state index contributed by atoms with van der Waals surface area (Å²) in [6.45, 7) is 4.01. The Morgan fingerprint density at radius 1 is 1.12 bits per heavy atom. The van der Waals surface area contributed by atoms with Crippen LogP contribution in [0, 0.1) is 6.92 Å². The van der Waals surface area contributed by atoms with Gasteiger partial charge in [-0.3, -0.25) is 4.79 Å². The van der Waals surface area contributed by atoms with E-state index in [4.69, 9.17) is 9.47 Å². The average molecular weight is 338 g/mol. The molecule has 2 aromatic rings. The molecule has 0 spiro atoms. The van der Waals surface area contributed by atoms with Gasteiger partial charge in [-0.05, 0) is 49.6 Å². The monoisotopic (exact) mass is 338 g/mol. The normalized spacial score (nSPS) is 19.6. The molecule has 0 N–H and O–H groups in total. The number of aryl methyl sites for hydroxylation is 1. The van der Waals surface area contributed by atoms with Crippen LogP contribution in [0.15, 0.2) is 36.4 Å². The summed E-state index contributed by atoms with van der Waals surface area (Å²) in [6, 6.07) is 11.7. The first-order chi connectivity index (χ1) is 12.2. The predicted octanol–water partition coefficient (Wildman–Crippen LogP) is 3.53. The number of pyridine rings is 1. The van der Waals surface area contributed by atoms with Crippen molar-refractivity contribution in [3.05, 3.63) is 53.3 Å². The van der Waals surface area contributed by atoms with Crippen LogP contribution in [0.4, 0.5) is 0 Å². The number of benzene rings is 1. The number of carbonyl (C=O) groups excluding carboxylic acids is 1. The van der Waals surface area contributed by atoms with Crippen LogP contribution in [0.25, 0.3) is 0 Å². The first-order valence-corrected chi connectivity index (χ1v) is 8.86. The van der Waals surface area contributed by atoms with Crippen molar-refractivity contribution in [3.8, 4) is 11.5 Å². The van der Waals surface area contributed by atoms with Crippen LogP contribution in [0.3, 0.4) is 0 Å². The van der Waals surface area contributed by atoms with Gasteiger partial charge in [0, 0.05) is 18.7 Å². The van der Waals surface area contributed by atoms with E-state index in [9.17, 15) is 4.79 Å². The zero-order valence-corrected chi connectivity index (χ0v) is 14.4. The van der Waals surface area contributed by atoms with E-state index in [2.05, 4.69) is 4.98 Å². The van der Waals surface area contributed by atoms with Gasteiger partial charge in [0.15, 0.2) is 11.5 Å². The number of likely N-dealkylation sites (tertiary alicyclic amines) is 1. The standard InChI is InChI=1S/C20H22N2O3/c1-14-5-2-6-16(21-14)20(23)22-10-3-7-17(22)15-8-9-18-19(13-15)25-12-4-11-24-18/h2,5-6,8-9,13,17H,3-4,7,10-12H2,1H3. The van der Waals surface area contributed by atoms with Crippen LogP contribution < -0.4 is 9.47 Å². The summed E-state index contributed by atoms with van der Waals surface area (Å²) in [7, 11) is 0. The van der Waals surface area contributed by atoms with Gasteiger partial charge in [-0.1, -0.05) is 12.1 Å². The quantitative estimate of drug-likeness (QED) is 0.840. The predicted molar refractivity (Wildman–Crippen MR) is 94.0 cm³/mol. The van der Waals surface area contributed by atoms with Gasteiger partial charge in [0.25, 0.3) is 5.91 Å². The fourth-order valence-electron chi connectivity index (χ4n) is 3.55. The number of carbonyl (C=O) groups is 1. The molecule has 1 unspecified atom stereocenters. The molecule has 5 nitrogen and oxygen atoms in total. The number of hydrogen-bond acceptors (Lipinski definition) is 4. The molecule has 1 amide bonds. The molecule has 1 aromatic heterocycles. The van der Waals surface area contributed by atoms with Crippen molar-refractivity contribution >= 4 is 5.91 Å². The highest BCUT2D eigenvalue weighted by atomic mass is 16.5. The Morgan fingerprint density at radius 2 is 1.96 bits per heavy atom. The van der Waals surface area contributed by atoms with Crippen LogP contribution in [-0.2, 0) is 0 Å². The summed E-state index contributed by atoms with van der Waals surface area (Å²) in [4.78, 5) is 19.3. The minimum Gasteiger partial charge on any atom is -0.490 e. The lowest BCUT2D eigenvalue weighted by Gasteiger charge is -2.25. The number of ether oxygens (including phenoxy) is 2. The summed E-state index contributed by atoms with van der Waals surface area (Å²) in [5.41, 5.74) is 2.47. The summed E-state index contributed by atoms with van der Waals surface area (Å²) < 4.78 is 11.5. The zero-order chi connectivity index (χ0) is 17.2. The molecule has 2 aliphatic rings. The Labute approximate surface area is 147 Å². The lowest BCUT2D eigenvalue weighted by molar-refractivity contribution is 0.0729. The Kier molecular flexibility index (Phi) is 4.30. The van der Waals surface area contributed by atoms with E-state index in [1.165, 1.54) is 0 Å². The third kappa shape index (κ3) is 3.18. The first-order valence-electron chi connectivity index (χ1n) is 8.86. The van der Waals surface area contributed by atoms with E-state index >= 15 is 0 Å². The van der Waals surface area contributed by atoms with Crippen LogP contribution in [0.2, 0.25) is 0 Å². The zero-order valence-electron chi connectivity index (χ0n) is 14.4. The fourth-order valence-corrected chi connectivity index (χ4v) is 3.55. The summed E-state index contributed by atoms with van der Waals surface area (Å²) in [5, 5.41) is 0. The molecule has 1 atom stereocenters. The molecule has 3 heterocycles. The lowest BCUT2D eigenvalue weighted by atomic mass is 10.0. The molecule has 0 saturated carbocycles. The number of fused-ring (bicyclic) bond motifs is 1. The molecular weight excluding hydrogens is 316 g/mol. The van der Waals surface area contributed by atoms with E-state index in [1.807, 2.05) is 42.2 Å². The number of aromatic nitrogens is 1. The van der Waals surface area contributed by atoms with Crippen LogP contribution >= 0.6 is 0 Å². The molecule has 0 radical (unpaired) electrons. The number of hydrogen-bond donors (Lipinski definition) is 0. The average Bonchev–Trinajstić information content (AvgIpc) is 2.99. The van der Waals surface area contributed by atoms with Gasteiger partial charge in [-0.2, -0.15) is 0 Å². The van der Waals surface area contributed by atoms with Gasteiger partial charge < -0.3 is 14.4 Å². The number of rotatable bonds is 2. The first kappa shape index (κ1) is 15.9. The molecule has 2 aliphatic heterocycles. The summed E-state index contributed by atoms with van der Waals surface area (Å²) >= 11 is 0.